The molecule has 0 aliphatic rings. The van der Waals surface area contributed by atoms with Crippen molar-refractivity contribution in [2.45, 2.75) is 12.6 Å². The number of methoxy groups -OCH3 is 4. The Bertz CT molecular complexity index is 540. The molecule has 0 heterocycles. The van der Waals surface area contributed by atoms with Crippen LogP contribution in [0.2, 0.25) is 0 Å². The molecule has 0 aromatic heterocycles. The molecule has 0 unspecified atom stereocenters. The molecule has 0 saturated heterocycles. The molecule has 10 heteroatoms. The number of carbonyl (C=O) groups is 2. The van der Waals surface area contributed by atoms with Crippen molar-refractivity contribution in [3.05, 3.63) is 24.3 Å². The van der Waals surface area contributed by atoms with Crippen molar-refractivity contribution in [1.29, 1.82) is 0 Å². The van der Waals surface area contributed by atoms with Gasteiger partial charge in [-0.3, -0.25) is 9.59 Å². The zero-order chi connectivity index (χ0) is 20.8. The Hall–Kier alpha value is -2.40. The maximum absolute atomic E-state index is 11.9. The standard InChI is InChI=1S/C18H28N2O8/c1-23-17(24-2)9-19-15(21)11-27-13-7-5-6-8-14(13)28-12-16(22)20-10-18(25-3)26-4/h5-8,17-18H,9-12H2,1-4H3,(H,19,21)(H,20,22). The first-order valence-corrected chi connectivity index (χ1v) is 8.53. The van der Waals surface area contributed by atoms with Crippen molar-refractivity contribution in [2.75, 3.05) is 54.7 Å². The van der Waals surface area contributed by atoms with Gasteiger partial charge in [-0.1, -0.05) is 12.1 Å². The molecule has 2 N–H and O–H groups in total. The second kappa shape index (κ2) is 13.7. The molecule has 0 saturated carbocycles. The van der Waals surface area contributed by atoms with Crippen LogP contribution in [0.3, 0.4) is 0 Å². The Balaban J connectivity index is 2.45. The van der Waals surface area contributed by atoms with Gasteiger partial charge in [0, 0.05) is 28.4 Å². The number of hydrogen-bond acceptors (Lipinski definition) is 8. The summed E-state index contributed by atoms with van der Waals surface area (Å²) in [5, 5.41) is 5.24. The van der Waals surface area contributed by atoms with Crippen LogP contribution in [0.25, 0.3) is 0 Å². The second-order valence-corrected chi connectivity index (χ2v) is 5.43. The predicted octanol–water partition coefficient (Wildman–Crippen LogP) is -0.0856. The van der Waals surface area contributed by atoms with Crippen molar-refractivity contribution in [3.63, 3.8) is 0 Å². The highest BCUT2D eigenvalue weighted by Gasteiger charge is 2.12. The molecule has 158 valence electrons. The summed E-state index contributed by atoms with van der Waals surface area (Å²) in [4.78, 5) is 23.7. The number of para-hydroxylation sites is 2. The van der Waals surface area contributed by atoms with Gasteiger partial charge in [-0.05, 0) is 12.1 Å². The molecule has 1 rings (SSSR count). The van der Waals surface area contributed by atoms with E-state index in [1.165, 1.54) is 28.4 Å². The van der Waals surface area contributed by atoms with Crippen molar-refractivity contribution in [3.8, 4) is 11.5 Å². The van der Waals surface area contributed by atoms with Crippen molar-refractivity contribution in [2.24, 2.45) is 0 Å². The molecule has 0 radical (unpaired) electrons. The lowest BCUT2D eigenvalue weighted by atomic mass is 10.3. The fourth-order valence-corrected chi connectivity index (χ4v) is 2.00. The van der Waals surface area contributed by atoms with Crippen molar-refractivity contribution < 1.29 is 38.0 Å². The molecular weight excluding hydrogens is 372 g/mol. The largest absolute Gasteiger partial charge is 0.480 e. The van der Waals surface area contributed by atoms with Crippen LogP contribution in [0.5, 0.6) is 11.5 Å². The fourth-order valence-electron chi connectivity index (χ4n) is 2.00. The lowest BCUT2D eigenvalue weighted by Crippen LogP contribution is -2.37. The molecule has 0 bridgehead atoms. The minimum atomic E-state index is -0.533. The highest BCUT2D eigenvalue weighted by Crippen LogP contribution is 2.26. The molecule has 1 aromatic rings. The molecule has 0 spiro atoms. The fraction of sp³-hybridized carbons (Fsp3) is 0.556. The molecule has 0 fully saturated rings. The Kier molecular flexibility index (Phi) is 11.6. The maximum atomic E-state index is 11.9. The number of ether oxygens (including phenoxy) is 6. The van der Waals surface area contributed by atoms with Crippen LogP contribution >= 0.6 is 0 Å². The molecule has 28 heavy (non-hydrogen) atoms. The van der Waals surface area contributed by atoms with Crippen LogP contribution < -0.4 is 20.1 Å². The van der Waals surface area contributed by atoms with Gasteiger partial charge in [-0.25, -0.2) is 0 Å². The zero-order valence-corrected chi connectivity index (χ0v) is 16.6. The molecule has 2 amide bonds. The quantitative estimate of drug-likeness (QED) is 0.417. The number of rotatable bonds is 14. The van der Waals surface area contributed by atoms with Gasteiger partial charge < -0.3 is 39.1 Å². The summed E-state index contributed by atoms with van der Waals surface area (Å²) in [6.07, 6.45) is -1.07. The Morgan fingerprint density at radius 2 is 1.11 bits per heavy atom. The third-order valence-electron chi connectivity index (χ3n) is 3.55. The van der Waals surface area contributed by atoms with Gasteiger partial charge in [-0.2, -0.15) is 0 Å². The smallest absolute Gasteiger partial charge is 0.258 e. The van der Waals surface area contributed by atoms with E-state index in [0.717, 1.165) is 0 Å². The van der Waals surface area contributed by atoms with E-state index < -0.39 is 12.6 Å². The molecule has 1 aromatic carbocycles. The van der Waals surface area contributed by atoms with E-state index in [1.807, 2.05) is 0 Å². The van der Waals surface area contributed by atoms with Gasteiger partial charge in [0.05, 0.1) is 13.1 Å². The van der Waals surface area contributed by atoms with E-state index in [9.17, 15) is 9.59 Å². The number of hydrogen-bond donors (Lipinski definition) is 2. The lowest BCUT2D eigenvalue weighted by Gasteiger charge is -2.16. The average Bonchev–Trinajstić information content (AvgIpc) is 2.72. The maximum Gasteiger partial charge on any atom is 0.258 e. The summed E-state index contributed by atoms with van der Waals surface area (Å²) in [6.45, 7) is -0.0684. The normalized spacial score (nSPS) is 10.8. The molecule has 10 nitrogen and oxygen atoms in total. The topological polar surface area (TPSA) is 114 Å². The van der Waals surface area contributed by atoms with E-state index in [0.29, 0.717) is 11.5 Å². The van der Waals surface area contributed by atoms with E-state index in [2.05, 4.69) is 10.6 Å². The molecule has 0 aliphatic carbocycles. The summed E-state index contributed by atoms with van der Waals surface area (Å²) in [5.74, 6) is -0.0204. The van der Waals surface area contributed by atoms with Crippen LogP contribution in [0.15, 0.2) is 24.3 Å². The number of carbonyl (C=O) groups excluding carboxylic acids is 2. The summed E-state index contributed by atoms with van der Waals surface area (Å²) < 4.78 is 30.9. The number of benzene rings is 1. The van der Waals surface area contributed by atoms with Gasteiger partial charge >= 0.3 is 0 Å². The molecule has 0 aliphatic heterocycles. The molecular formula is C18H28N2O8. The van der Waals surface area contributed by atoms with Crippen LogP contribution in [-0.2, 0) is 28.5 Å². The van der Waals surface area contributed by atoms with Crippen LogP contribution in [0.1, 0.15) is 0 Å². The Morgan fingerprint density at radius 3 is 1.43 bits per heavy atom. The van der Waals surface area contributed by atoms with Gasteiger partial charge in [0.2, 0.25) is 0 Å². The Morgan fingerprint density at radius 1 is 0.750 bits per heavy atom. The first kappa shape index (κ1) is 23.6. The lowest BCUT2D eigenvalue weighted by molar-refractivity contribution is -0.130. The van der Waals surface area contributed by atoms with E-state index in [-0.39, 0.29) is 38.1 Å². The summed E-state index contributed by atoms with van der Waals surface area (Å²) >= 11 is 0. The highest BCUT2D eigenvalue weighted by molar-refractivity contribution is 5.78. The van der Waals surface area contributed by atoms with Crippen molar-refractivity contribution in [1.82, 2.24) is 10.6 Å². The van der Waals surface area contributed by atoms with E-state index in [4.69, 9.17) is 28.4 Å². The summed E-state index contributed by atoms with van der Waals surface area (Å²) in [6, 6.07) is 6.74. The van der Waals surface area contributed by atoms with E-state index in [1.54, 1.807) is 24.3 Å². The van der Waals surface area contributed by atoms with Gasteiger partial charge in [0.1, 0.15) is 0 Å². The highest BCUT2D eigenvalue weighted by atomic mass is 16.7. The third-order valence-corrected chi connectivity index (χ3v) is 3.55. The first-order valence-electron chi connectivity index (χ1n) is 8.53. The van der Waals surface area contributed by atoms with Gasteiger partial charge in [-0.15, -0.1) is 0 Å². The van der Waals surface area contributed by atoms with E-state index >= 15 is 0 Å². The van der Waals surface area contributed by atoms with Crippen LogP contribution in [0.4, 0.5) is 0 Å². The minimum Gasteiger partial charge on any atom is -0.480 e. The summed E-state index contributed by atoms with van der Waals surface area (Å²) in [7, 11) is 5.91. The molecule has 0 atom stereocenters. The third kappa shape index (κ3) is 9.00. The minimum absolute atomic E-state index is 0.192. The first-order chi connectivity index (χ1) is 13.5. The SMILES string of the molecule is COC(CNC(=O)COc1ccccc1OCC(=O)NCC(OC)OC)OC. The predicted molar refractivity (Wildman–Crippen MR) is 99.1 cm³/mol. The monoisotopic (exact) mass is 400 g/mol. The van der Waals surface area contributed by atoms with Crippen LogP contribution in [0, 0.1) is 0 Å². The summed E-state index contributed by atoms with van der Waals surface area (Å²) in [5.41, 5.74) is 0. The zero-order valence-electron chi connectivity index (χ0n) is 16.6. The van der Waals surface area contributed by atoms with Gasteiger partial charge in [0.25, 0.3) is 11.8 Å². The Labute approximate surface area is 164 Å². The average molecular weight is 400 g/mol. The number of amides is 2. The second-order valence-electron chi connectivity index (χ2n) is 5.43. The number of nitrogens with one attached hydrogen (secondary N) is 2. The van der Waals surface area contributed by atoms with Crippen molar-refractivity contribution >= 4 is 11.8 Å². The van der Waals surface area contributed by atoms with Crippen LogP contribution in [-0.4, -0.2) is 79.1 Å². The van der Waals surface area contributed by atoms with Gasteiger partial charge in [0.15, 0.2) is 37.3 Å².